The Hall–Kier alpha value is -2.31. The molecule has 4 nitrogen and oxygen atoms in total. The van der Waals surface area contributed by atoms with Crippen LogP contribution in [0.4, 0.5) is 0 Å². The van der Waals surface area contributed by atoms with E-state index in [9.17, 15) is 15.0 Å². The van der Waals surface area contributed by atoms with Gasteiger partial charge in [0.2, 0.25) is 0 Å². The molecule has 0 fully saturated rings. The third-order valence-corrected chi connectivity index (χ3v) is 5.10. The zero-order chi connectivity index (χ0) is 16.4. The summed E-state index contributed by atoms with van der Waals surface area (Å²) in [5.41, 5.74) is 2.47. The smallest absolute Gasteiger partial charge is 0.323 e. The number of phenols is 1. The average Bonchev–Trinajstić information content (AvgIpc) is 3.00. The Kier molecular flexibility index (Phi) is 4.36. The van der Waals surface area contributed by atoms with Crippen molar-refractivity contribution in [2.45, 2.75) is 5.25 Å². The fraction of sp³-hybridized carbons (Fsp3) is 0.0588. The largest absolute Gasteiger partial charge is 0.508 e. The van der Waals surface area contributed by atoms with Gasteiger partial charge in [0.25, 0.3) is 0 Å². The molecule has 0 radical (unpaired) electrons. The lowest BCUT2D eigenvalue weighted by molar-refractivity contribution is -0.136. The van der Waals surface area contributed by atoms with E-state index < -0.39 is 11.2 Å². The maximum Gasteiger partial charge on any atom is 0.323 e. The number of aromatic hydroxyl groups is 1. The first-order valence-corrected chi connectivity index (χ1v) is 8.16. The number of aliphatic carboxylic acids is 1. The highest BCUT2D eigenvalue weighted by Gasteiger charge is 2.23. The van der Waals surface area contributed by atoms with E-state index in [0.29, 0.717) is 10.7 Å². The van der Waals surface area contributed by atoms with Gasteiger partial charge in [0.1, 0.15) is 10.8 Å². The van der Waals surface area contributed by atoms with Gasteiger partial charge in [0.15, 0.2) is 5.25 Å². The number of nitrogens with zero attached hydrogens (tertiary/aromatic N) is 1. The van der Waals surface area contributed by atoms with Gasteiger partial charge in [-0.3, -0.25) is 4.79 Å². The first-order valence-electron chi connectivity index (χ1n) is 6.82. The Morgan fingerprint density at radius 3 is 2.30 bits per heavy atom. The molecule has 0 saturated heterocycles. The standard InChI is InChI=1S/C17H13NO3S2/c19-12-8-6-10(7-9-12)13-15(11-4-2-1-3-5-11)23-16(18-13)14(22)17(20)21/h1-9,14,19,22H,(H,20,21). The van der Waals surface area contributed by atoms with Gasteiger partial charge in [-0.15, -0.1) is 11.3 Å². The Morgan fingerprint density at radius 1 is 1.04 bits per heavy atom. The molecule has 116 valence electrons. The molecule has 0 aliphatic carbocycles. The van der Waals surface area contributed by atoms with E-state index in [1.807, 2.05) is 30.3 Å². The molecule has 1 unspecified atom stereocenters. The highest BCUT2D eigenvalue weighted by Crippen LogP contribution is 2.40. The molecule has 1 aromatic heterocycles. The van der Waals surface area contributed by atoms with E-state index >= 15 is 0 Å². The zero-order valence-electron chi connectivity index (χ0n) is 11.9. The molecule has 0 amide bonds. The van der Waals surface area contributed by atoms with Crippen LogP contribution in [0.3, 0.4) is 0 Å². The molecule has 1 heterocycles. The van der Waals surface area contributed by atoms with Crippen LogP contribution >= 0.6 is 24.0 Å². The van der Waals surface area contributed by atoms with Crippen LogP contribution < -0.4 is 0 Å². The van der Waals surface area contributed by atoms with Crippen molar-refractivity contribution in [2.75, 3.05) is 0 Å². The van der Waals surface area contributed by atoms with Gasteiger partial charge in [-0.25, -0.2) is 4.98 Å². The average molecular weight is 343 g/mol. The summed E-state index contributed by atoms with van der Waals surface area (Å²) in [5, 5.41) is 18.1. The van der Waals surface area contributed by atoms with E-state index in [2.05, 4.69) is 17.6 Å². The summed E-state index contributed by atoms with van der Waals surface area (Å²) < 4.78 is 0. The molecule has 2 aromatic carbocycles. The number of carboxylic acid groups (broad SMARTS) is 1. The van der Waals surface area contributed by atoms with Crippen molar-refractivity contribution in [3.8, 4) is 27.4 Å². The minimum atomic E-state index is -1.03. The number of rotatable bonds is 4. The number of carbonyl (C=O) groups is 1. The Balaban J connectivity index is 2.16. The van der Waals surface area contributed by atoms with Crippen LogP contribution in [0.2, 0.25) is 0 Å². The number of aromatic nitrogens is 1. The van der Waals surface area contributed by atoms with Crippen LogP contribution in [0.25, 0.3) is 21.7 Å². The van der Waals surface area contributed by atoms with Crippen LogP contribution in [0.5, 0.6) is 5.75 Å². The lowest BCUT2D eigenvalue weighted by Gasteiger charge is -2.03. The molecule has 0 aliphatic rings. The van der Waals surface area contributed by atoms with E-state index in [4.69, 9.17) is 0 Å². The fourth-order valence-corrected chi connectivity index (χ4v) is 3.45. The Morgan fingerprint density at radius 2 is 1.70 bits per heavy atom. The number of hydrogen-bond acceptors (Lipinski definition) is 5. The SMILES string of the molecule is O=C(O)C(S)c1nc(-c2ccc(O)cc2)c(-c2ccccc2)s1. The number of thiazole rings is 1. The third-order valence-electron chi connectivity index (χ3n) is 3.29. The number of hydrogen-bond donors (Lipinski definition) is 3. The van der Waals surface area contributed by atoms with Crippen molar-refractivity contribution in [1.82, 2.24) is 4.98 Å². The first kappa shape index (κ1) is 15.6. The van der Waals surface area contributed by atoms with E-state index in [1.165, 1.54) is 11.3 Å². The van der Waals surface area contributed by atoms with Crippen molar-refractivity contribution in [2.24, 2.45) is 0 Å². The normalized spacial score (nSPS) is 12.0. The number of carboxylic acids is 1. The summed E-state index contributed by atoms with van der Waals surface area (Å²) >= 11 is 5.44. The summed E-state index contributed by atoms with van der Waals surface area (Å²) in [6.07, 6.45) is 0. The highest BCUT2D eigenvalue weighted by molar-refractivity contribution is 7.81. The molecule has 3 rings (SSSR count). The summed E-state index contributed by atoms with van der Waals surface area (Å²) in [6.45, 7) is 0. The van der Waals surface area contributed by atoms with Crippen molar-refractivity contribution in [3.63, 3.8) is 0 Å². The molecule has 3 aromatic rings. The molecular formula is C17H13NO3S2. The minimum Gasteiger partial charge on any atom is -0.508 e. The van der Waals surface area contributed by atoms with Crippen LogP contribution in [-0.2, 0) is 4.79 Å². The van der Waals surface area contributed by atoms with Crippen molar-refractivity contribution < 1.29 is 15.0 Å². The van der Waals surface area contributed by atoms with Crippen LogP contribution in [0.1, 0.15) is 10.3 Å². The number of phenolic OH excluding ortho intramolecular Hbond substituents is 1. The lowest BCUT2D eigenvalue weighted by Crippen LogP contribution is -2.04. The van der Waals surface area contributed by atoms with Gasteiger partial charge >= 0.3 is 5.97 Å². The maximum atomic E-state index is 11.2. The number of thiol groups is 1. The monoisotopic (exact) mass is 343 g/mol. The van der Waals surface area contributed by atoms with E-state index in [-0.39, 0.29) is 5.75 Å². The first-order chi connectivity index (χ1) is 11.1. The lowest BCUT2D eigenvalue weighted by atomic mass is 10.1. The Bertz CT molecular complexity index is 829. The minimum absolute atomic E-state index is 0.170. The van der Waals surface area contributed by atoms with Crippen LogP contribution in [-0.4, -0.2) is 21.2 Å². The third kappa shape index (κ3) is 3.23. The molecule has 23 heavy (non-hydrogen) atoms. The Labute approximate surface area is 142 Å². The molecule has 6 heteroatoms. The van der Waals surface area contributed by atoms with Gasteiger partial charge in [0, 0.05) is 5.56 Å². The molecule has 0 spiro atoms. The predicted octanol–water partition coefficient (Wildman–Crippen LogP) is 4.24. The van der Waals surface area contributed by atoms with Gasteiger partial charge in [0.05, 0.1) is 10.6 Å². The van der Waals surface area contributed by atoms with Gasteiger partial charge < -0.3 is 10.2 Å². The van der Waals surface area contributed by atoms with Crippen LogP contribution in [0.15, 0.2) is 54.6 Å². The summed E-state index contributed by atoms with van der Waals surface area (Å²) in [7, 11) is 0. The zero-order valence-corrected chi connectivity index (χ0v) is 13.6. The second-order valence-corrected chi connectivity index (χ2v) is 6.43. The molecule has 1 atom stereocenters. The maximum absolute atomic E-state index is 11.2. The van der Waals surface area contributed by atoms with Crippen molar-refractivity contribution in [3.05, 3.63) is 59.6 Å². The highest BCUT2D eigenvalue weighted by atomic mass is 32.1. The topological polar surface area (TPSA) is 70.4 Å². The predicted molar refractivity (Wildman–Crippen MR) is 94.0 cm³/mol. The van der Waals surface area contributed by atoms with E-state index in [1.54, 1.807) is 24.3 Å². The van der Waals surface area contributed by atoms with Crippen LogP contribution in [0, 0.1) is 0 Å². The molecule has 0 saturated carbocycles. The van der Waals surface area contributed by atoms with E-state index in [0.717, 1.165) is 16.0 Å². The van der Waals surface area contributed by atoms with Gasteiger partial charge in [-0.2, -0.15) is 12.6 Å². The van der Waals surface area contributed by atoms with Gasteiger partial charge in [-0.1, -0.05) is 30.3 Å². The second-order valence-electron chi connectivity index (χ2n) is 4.88. The molecule has 0 aliphatic heterocycles. The summed E-state index contributed by atoms with van der Waals surface area (Å²) in [5.74, 6) is -0.859. The van der Waals surface area contributed by atoms with Crippen molar-refractivity contribution >= 4 is 29.9 Å². The summed E-state index contributed by atoms with van der Waals surface area (Å²) in [6, 6.07) is 16.4. The second kappa shape index (κ2) is 6.44. The quantitative estimate of drug-likeness (QED) is 0.620. The molecular weight excluding hydrogens is 330 g/mol. The molecule has 2 N–H and O–H groups in total. The van der Waals surface area contributed by atoms with Crippen molar-refractivity contribution in [1.29, 1.82) is 0 Å². The summed E-state index contributed by atoms with van der Waals surface area (Å²) in [4.78, 5) is 16.6. The number of benzene rings is 2. The fourth-order valence-electron chi connectivity index (χ4n) is 2.16. The molecule has 0 bridgehead atoms. The van der Waals surface area contributed by atoms with Gasteiger partial charge in [-0.05, 0) is 29.8 Å².